The molecular weight excluding hydrogens is 412 g/mol. The van der Waals surface area contributed by atoms with Gasteiger partial charge < -0.3 is 10.1 Å². The molecule has 0 saturated heterocycles. The van der Waals surface area contributed by atoms with E-state index in [1.165, 1.54) is 23.0 Å². The molecule has 0 aliphatic heterocycles. The van der Waals surface area contributed by atoms with Gasteiger partial charge in [-0.2, -0.15) is 4.31 Å². The fourth-order valence-electron chi connectivity index (χ4n) is 4.48. The maximum Gasteiger partial charge on any atom is 0.251 e. The summed E-state index contributed by atoms with van der Waals surface area (Å²) in [5, 5.41) is 3.07. The predicted octanol–water partition coefficient (Wildman–Crippen LogP) is 3.97. The zero-order chi connectivity index (χ0) is 22.5. The first-order valence-corrected chi connectivity index (χ1v) is 12.3. The predicted molar refractivity (Wildman–Crippen MR) is 122 cm³/mol. The van der Waals surface area contributed by atoms with Gasteiger partial charge in [0.25, 0.3) is 5.91 Å². The van der Waals surface area contributed by atoms with Gasteiger partial charge in [-0.15, -0.1) is 0 Å². The van der Waals surface area contributed by atoms with Crippen LogP contribution in [0.5, 0.6) is 5.75 Å². The maximum absolute atomic E-state index is 13.1. The second-order valence-electron chi connectivity index (χ2n) is 7.99. The molecule has 1 N–H and O–H groups in total. The van der Waals surface area contributed by atoms with Gasteiger partial charge in [0.15, 0.2) is 0 Å². The molecule has 2 aromatic rings. The largest absolute Gasteiger partial charge is 0.495 e. The van der Waals surface area contributed by atoms with Crippen LogP contribution in [0.25, 0.3) is 0 Å². The average molecular weight is 445 g/mol. The molecule has 0 heterocycles. The molecule has 0 unspecified atom stereocenters. The average Bonchev–Trinajstić information content (AvgIpc) is 3.28. The van der Waals surface area contributed by atoms with Gasteiger partial charge in [-0.05, 0) is 36.6 Å². The number of ether oxygens (including phenoxy) is 1. The van der Waals surface area contributed by atoms with E-state index in [4.69, 9.17) is 4.74 Å². The molecule has 6 nitrogen and oxygen atoms in total. The third-order valence-corrected chi connectivity index (χ3v) is 8.35. The lowest BCUT2D eigenvalue weighted by molar-refractivity contribution is 0.0943. The molecule has 1 aliphatic carbocycles. The number of carbonyl (C=O) groups excluding carboxylic acids is 1. The van der Waals surface area contributed by atoms with Crippen LogP contribution in [0.4, 0.5) is 0 Å². The minimum atomic E-state index is -3.76. The van der Waals surface area contributed by atoms with E-state index in [0.717, 1.165) is 25.7 Å². The molecule has 0 atom stereocenters. The molecule has 0 spiro atoms. The molecular formula is C24H32N2O4S. The molecule has 0 bridgehead atoms. The summed E-state index contributed by atoms with van der Waals surface area (Å²) < 4.78 is 32.8. The number of carbonyl (C=O) groups is 1. The number of sulfonamides is 1. The summed E-state index contributed by atoms with van der Waals surface area (Å²) in [6.07, 6.45) is 4.34. The Hall–Kier alpha value is -2.38. The van der Waals surface area contributed by atoms with Crippen LogP contribution in [0, 0.1) is 0 Å². The Morgan fingerprint density at radius 2 is 1.71 bits per heavy atom. The van der Waals surface area contributed by atoms with Crippen molar-refractivity contribution in [1.82, 2.24) is 9.62 Å². The minimum absolute atomic E-state index is 0.0185. The Balaban J connectivity index is 1.85. The van der Waals surface area contributed by atoms with E-state index >= 15 is 0 Å². The monoisotopic (exact) mass is 444 g/mol. The zero-order valence-electron chi connectivity index (χ0n) is 18.6. The normalized spacial score (nSPS) is 15.7. The summed E-state index contributed by atoms with van der Waals surface area (Å²) in [4.78, 5) is 13.0. The van der Waals surface area contributed by atoms with Crippen LogP contribution in [0.3, 0.4) is 0 Å². The molecule has 1 fully saturated rings. The summed E-state index contributed by atoms with van der Waals surface area (Å²) in [7, 11) is -2.33. The van der Waals surface area contributed by atoms with Crippen molar-refractivity contribution >= 4 is 15.9 Å². The number of hydrogen-bond donors (Lipinski definition) is 1. The molecule has 168 valence electrons. The van der Waals surface area contributed by atoms with Gasteiger partial charge in [-0.1, -0.05) is 57.0 Å². The molecule has 1 amide bonds. The first kappa shape index (κ1) is 23.3. The number of hydrogen-bond acceptors (Lipinski definition) is 4. The van der Waals surface area contributed by atoms with Gasteiger partial charge >= 0.3 is 0 Å². The number of nitrogens with one attached hydrogen (secondary N) is 1. The lowest BCUT2D eigenvalue weighted by Crippen LogP contribution is -2.39. The van der Waals surface area contributed by atoms with Crippen molar-refractivity contribution in [3.8, 4) is 5.75 Å². The van der Waals surface area contributed by atoms with Crippen LogP contribution < -0.4 is 10.1 Å². The van der Waals surface area contributed by atoms with Crippen LogP contribution in [0.2, 0.25) is 0 Å². The van der Waals surface area contributed by atoms with Crippen molar-refractivity contribution < 1.29 is 17.9 Å². The van der Waals surface area contributed by atoms with Gasteiger partial charge in [0.05, 0.1) is 7.11 Å². The van der Waals surface area contributed by atoms with Crippen molar-refractivity contribution in [3.63, 3.8) is 0 Å². The highest BCUT2D eigenvalue weighted by atomic mass is 32.2. The fraction of sp³-hybridized carbons (Fsp3) is 0.458. The van der Waals surface area contributed by atoms with Crippen molar-refractivity contribution in [2.24, 2.45) is 0 Å². The van der Waals surface area contributed by atoms with Gasteiger partial charge in [0.2, 0.25) is 10.0 Å². The Bertz CT molecular complexity index is 995. The van der Waals surface area contributed by atoms with Crippen molar-refractivity contribution in [1.29, 1.82) is 0 Å². The Morgan fingerprint density at radius 1 is 1.06 bits per heavy atom. The summed E-state index contributed by atoms with van der Waals surface area (Å²) in [5.74, 6) is -0.0409. The number of methoxy groups -OCH3 is 1. The van der Waals surface area contributed by atoms with E-state index in [1.807, 2.05) is 18.2 Å². The standard InChI is InChI=1S/C24H32N2O4S/c1-4-26(5-2)31(28,29)22-17-19(13-14-21(22)30-3)23(27)25-18-24(15-9-10-16-24)20-11-7-6-8-12-20/h6-8,11-14,17H,4-5,9-10,15-16,18H2,1-3H3,(H,25,27). The molecule has 1 aliphatic rings. The van der Waals surface area contributed by atoms with Crippen LogP contribution >= 0.6 is 0 Å². The number of amides is 1. The quantitative estimate of drug-likeness (QED) is 0.635. The third-order valence-electron chi connectivity index (χ3n) is 6.28. The number of benzene rings is 2. The van der Waals surface area contributed by atoms with E-state index in [9.17, 15) is 13.2 Å². The number of rotatable bonds is 9. The topological polar surface area (TPSA) is 75.7 Å². The summed E-state index contributed by atoms with van der Waals surface area (Å²) in [6, 6.07) is 14.9. The highest BCUT2D eigenvalue weighted by Gasteiger charge is 2.36. The second kappa shape index (κ2) is 9.83. The molecule has 2 aromatic carbocycles. The Morgan fingerprint density at radius 3 is 2.29 bits per heavy atom. The first-order chi connectivity index (χ1) is 14.9. The summed E-state index contributed by atoms with van der Waals surface area (Å²) in [5.41, 5.74) is 1.49. The Labute approximate surface area is 185 Å². The van der Waals surface area contributed by atoms with Crippen molar-refractivity contribution in [2.75, 3.05) is 26.7 Å². The lowest BCUT2D eigenvalue weighted by atomic mass is 9.79. The summed E-state index contributed by atoms with van der Waals surface area (Å²) in [6.45, 7) is 4.79. The highest BCUT2D eigenvalue weighted by molar-refractivity contribution is 7.89. The van der Waals surface area contributed by atoms with Crippen LogP contribution in [-0.2, 0) is 15.4 Å². The highest BCUT2D eigenvalue weighted by Crippen LogP contribution is 2.40. The summed E-state index contributed by atoms with van der Waals surface area (Å²) >= 11 is 0. The van der Waals surface area contributed by atoms with Gasteiger partial charge in [-0.25, -0.2) is 8.42 Å². The molecule has 0 radical (unpaired) electrons. The number of nitrogens with zero attached hydrogens (tertiary/aromatic N) is 1. The smallest absolute Gasteiger partial charge is 0.251 e. The van der Waals surface area contributed by atoms with E-state index in [1.54, 1.807) is 26.0 Å². The van der Waals surface area contributed by atoms with Crippen molar-refractivity contribution in [3.05, 3.63) is 59.7 Å². The maximum atomic E-state index is 13.1. The van der Waals surface area contributed by atoms with Gasteiger partial charge in [0.1, 0.15) is 10.6 Å². The van der Waals surface area contributed by atoms with Crippen LogP contribution in [0.1, 0.15) is 55.5 Å². The fourth-order valence-corrected chi connectivity index (χ4v) is 6.12. The first-order valence-electron chi connectivity index (χ1n) is 10.9. The second-order valence-corrected chi connectivity index (χ2v) is 9.90. The minimum Gasteiger partial charge on any atom is -0.495 e. The SMILES string of the molecule is CCN(CC)S(=O)(=O)c1cc(C(=O)NCC2(c3ccccc3)CCCC2)ccc1OC. The zero-order valence-corrected chi connectivity index (χ0v) is 19.4. The molecule has 31 heavy (non-hydrogen) atoms. The van der Waals surface area contributed by atoms with E-state index in [-0.39, 0.29) is 22.0 Å². The van der Waals surface area contributed by atoms with E-state index in [2.05, 4.69) is 17.4 Å². The van der Waals surface area contributed by atoms with Gasteiger partial charge in [0, 0.05) is 30.6 Å². The lowest BCUT2D eigenvalue weighted by Gasteiger charge is -2.30. The van der Waals surface area contributed by atoms with Crippen molar-refractivity contribution in [2.45, 2.75) is 49.8 Å². The van der Waals surface area contributed by atoms with E-state index in [0.29, 0.717) is 25.2 Å². The molecule has 3 rings (SSSR count). The third kappa shape index (κ3) is 4.77. The van der Waals surface area contributed by atoms with E-state index < -0.39 is 10.0 Å². The molecule has 0 aromatic heterocycles. The van der Waals surface area contributed by atoms with Gasteiger partial charge in [-0.3, -0.25) is 4.79 Å². The van der Waals surface area contributed by atoms with Crippen LogP contribution in [-0.4, -0.2) is 45.4 Å². The molecule has 1 saturated carbocycles. The molecule has 7 heteroatoms. The Kier molecular flexibility index (Phi) is 7.38. The van der Waals surface area contributed by atoms with Crippen LogP contribution in [0.15, 0.2) is 53.4 Å².